The predicted molar refractivity (Wildman–Crippen MR) is 61.3 cm³/mol. The van der Waals surface area contributed by atoms with E-state index in [0.29, 0.717) is 0 Å². The molecule has 0 unspecified atom stereocenters. The SMILES string of the molecule is COC(=O)CCNC(=O)Cn1nc(C)cc1C. The number of aryl methyl sites for hydroxylation is 2. The fourth-order valence-corrected chi connectivity index (χ4v) is 1.43. The second-order valence-corrected chi connectivity index (χ2v) is 3.76. The molecule has 1 aromatic rings. The van der Waals surface area contributed by atoms with Crippen molar-refractivity contribution < 1.29 is 14.3 Å². The zero-order valence-electron chi connectivity index (χ0n) is 10.3. The molecule has 0 atom stereocenters. The number of carbonyl (C=O) groups excluding carboxylic acids is 2. The van der Waals surface area contributed by atoms with Gasteiger partial charge in [-0.15, -0.1) is 0 Å². The lowest BCUT2D eigenvalue weighted by Gasteiger charge is -2.05. The standard InChI is InChI=1S/C11H17N3O3/c1-8-6-9(2)14(13-8)7-10(15)12-5-4-11(16)17-3/h6H,4-5,7H2,1-3H3,(H,12,15). The molecule has 1 heterocycles. The van der Waals surface area contributed by atoms with Crippen LogP contribution in [-0.2, 0) is 20.9 Å². The highest BCUT2D eigenvalue weighted by molar-refractivity contribution is 5.76. The van der Waals surface area contributed by atoms with E-state index in [-0.39, 0.29) is 31.4 Å². The highest BCUT2D eigenvalue weighted by atomic mass is 16.5. The molecule has 0 bridgehead atoms. The Balaban J connectivity index is 2.35. The van der Waals surface area contributed by atoms with Crippen LogP contribution in [0.2, 0.25) is 0 Å². The first-order chi connectivity index (χ1) is 8.02. The van der Waals surface area contributed by atoms with Crippen molar-refractivity contribution in [1.82, 2.24) is 15.1 Å². The van der Waals surface area contributed by atoms with Gasteiger partial charge < -0.3 is 10.1 Å². The highest BCUT2D eigenvalue weighted by Gasteiger charge is 2.07. The lowest BCUT2D eigenvalue weighted by molar-refractivity contribution is -0.140. The van der Waals surface area contributed by atoms with E-state index in [1.54, 1.807) is 4.68 Å². The molecule has 0 radical (unpaired) electrons. The summed E-state index contributed by atoms with van der Waals surface area (Å²) in [4.78, 5) is 22.3. The summed E-state index contributed by atoms with van der Waals surface area (Å²) in [6.07, 6.45) is 0.180. The summed E-state index contributed by atoms with van der Waals surface area (Å²) >= 11 is 0. The smallest absolute Gasteiger partial charge is 0.307 e. The number of aromatic nitrogens is 2. The summed E-state index contributed by atoms with van der Waals surface area (Å²) in [5.41, 5.74) is 1.82. The molecule has 94 valence electrons. The molecule has 17 heavy (non-hydrogen) atoms. The minimum absolute atomic E-state index is 0.167. The fraction of sp³-hybridized carbons (Fsp3) is 0.545. The van der Waals surface area contributed by atoms with E-state index in [9.17, 15) is 9.59 Å². The zero-order valence-corrected chi connectivity index (χ0v) is 10.3. The number of esters is 1. The van der Waals surface area contributed by atoms with Gasteiger partial charge in [-0.05, 0) is 19.9 Å². The molecule has 1 rings (SSSR count). The number of amides is 1. The first kappa shape index (κ1) is 13.2. The average Bonchev–Trinajstić information content (AvgIpc) is 2.57. The minimum atomic E-state index is -0.337. The topological polar surface area (TPSA) is 73.2 Å². The summed E-state index contributed by atoms with van der Waals surface area (Å²) in [6, 6.07) is 1.90. The van der Waals surface area contributed by atoms with Crippen LogP contribution >= 0.6 is 0 Å². The molecular weight excluding hydrogens is 222 g/mol. The third-order valence-electron chi connectivity index (χ3n) is 2.28. The number of nitrogens with one attached hydrogen (secondary N) is 1. The number of hydrogen-bond acceptors (Lipinski definition) is 4. The van der Waals surface area contributed by atoms with Crippen molar-refractivity contribution >= 4 is 11.9 Å². The molecule has 0 aliphatic carbocycles. The molecule has 0 aliphatic rings. The van der Waals surface area contributed by atoms with Crippen molar-refractivity contribution in [2.75, 3.05) is 13.7 Å². The van der Waals surface area contributed by atoms with Crippen molar-refractivity contribution in [3.63, 3.8) is 0 Å². The van der Waals surface area contributed by atoms with Crippen molar-refractivity contribution in [2.24, 2.45) is 0 Å². The second kappa shape index (κ2) is 6.03. The number of hydrogen-bond donors (Lipinski definition) is 1. The molecule has 0 saturated carbocycles. The first-order valence-electron chi connectivity index (χ1n) is 5.37. The minimum Gasteiger partial charge on any atom is -0.469 e. The predicted octanol–water partition coefficient (Wildman–Crippen LogP) is 0.179. The molecular formula is C11H17N3O3. The maximum Gasteiger partial charge on any atom is 0.307 e. The Morgan fingerprint density at radius 1 is 1.47 bits per heavy atom. The second-order valence-electron chi connectivity index (χ2n) is 3.76. The Kier molecular flexibility index (Phi) is 4.68. The lowest BCUT2D eigenvalue weighted by atomic mass is 10.4. The lowest BCUT2D eigenvalue weighted by Crippen LogP contribution is -2.30. The molecule has 0 aliphatic heterocycles. The summed E-state index contributed by atoms with van der Waals surface area (Å²) in [5.74, 6) is -0.503. The first-order valence-corrected chi connectivity index (χ1v) is 5.37. The van der Waals surface area contributed by atoms with Crippen LogP contribution in [-0.4, -0.2) is 35.3 Å². The van der Waals surface area contributed by atoms with Gasteiger partial charge in [0.05, 0.1) is 19.2 Å². The Bertz CT molecular complexity index is 412. The van der Waals surface area contributed by atoms with E-state index in [0.717, 1.165) is 11.4 Å². The van der Waals surface area contributed by atoms with Gasteiger partial charge in [0, 0.05) is 12.2 Å². The average molecular weight is 239 g/mol. The summed E-state index contributed by atoms with van der Waals surface area (Å²) in [5, 5.41) is 6.81. The van der Waals surface area contributed by atoms with E-state index < -0.39 is 0 Å². The van der Waals surface area contributed by atoms with Gasteiger partial charge >= 0.3 is 5.97 Å². The van der Waals surface area contributed by atoms with Gasteiger partial charge in [-0.25, -0.2) is 0 Å². The van der Waals surface area contributed by atoms with Gasteiger partial charge in [-0.3, -0.25) is 14.3 Å². The monoisotopic (exact) mass is 239 g/mol. The van der Waals surface area contributed by atoms with E-state index in [4.69, 9.17) is 0 Å². The molecule has 0 spiro atoms. The Hall–Kier alpha value is -1.85. The molecule has 0 fully saturated rings. The molecule has 6 heteroatoms. The summed E-state index contributed by atoms with van der Waals surface area (Å²) < 4.78 is 6.09. The quantitative estimate of drug-likeness (QED) is 0.744. The van der Waals surface area contributed by atoms with Crippen LogP contribution < -0.4 is 5.32 Å². The third kappa shape index (κ3) is 4.26. The van der Waals surface area contributed by atoms with Crippen LogP contribution in [0.1, 0.15) is 17.8 Å². The van der Waals surface area contributed by atoms with Crippen molar-refractivity contribution in [2.45, 2.75) is 26.8 Å². The molecule has 6 nitrogen and oxygen atoms in total. The van der Waals surface area contributed by atoms with Crippen molar-refractivity contribution in [3.8, 4) is 0 Å². The highest BCUT2D eigenvalue weighted by Crippen LogP contribution is 2.00. The van der Waals surface area contributed by atoms with Crippen molar-refractivity contribution in [3.05, 3.63) is 17.5 Å². The van der Waals surface area contributed by atoms with Crippen LogP contribution in [0.25, 0.3) is 0 Å². The van der Waals surface area contributed by atoms with E-state index >= 15 is 0 Å². The zero-order chi connectivity index (χ0) is 12.8. The Labute approximate surface area is 99.9 Å². The van der Waals surface area contributed by atoms with Crippen LogP contribution in [0.15, 0.2) is 6.07 Å². The van der Waals surface area contributed by atoms with E-state index in [1.165, 1.54) is 7.11 Å². The molecule has 0 saturated heterocycles. The summed E-state index contributed by atoms with van der Waals surface area (Å²) in [6.45, 7) is 4.21. The Morgan fingerprint density at radius 3 is 2.71 bits per heavy atom. The van der Waals surface area contributed by atoms with Crippen LogP contribution in [0.5, 0.6) is 0 Å². The Morgan fingerprint density at radius 2 is 2.18 bits per heavy atom. The van der Waals surface area contributed by atoms with E-state index in [1.807, 2.05) is 19.9 Å². The maximum absolute atomic E-state index is 11.5. The number of carbonyl (C=O) groups is 2. The van der Waals surface area contributed by atoms with Gasteiger partial charge in [-0.1, -0.05) is 0 Å². The van der Waals surface area contributed by atoms with Gasteiger partial charge in [-0.2, -0.15) is 5.10 Å². The van der Waals surface area contributed by atoms with Gasteiger partial charge in [0.1, 0.15) is 6.54 Å². The van der Waals surface area contributed by atoms with Crippen LogP contribution in [0, 0.1) is 13.8 Å². The molecule has 1 amide bonds. The van der Waals surface area contributed by atoms with Gasteiger partial charge in [0.15, 0.2) is 0 Å². The molecule has 1 N–H and O–H groups in total. The van der Waals surface area contributed by atoms with Gasteiger partial charge in [0.2, 0.25) is 5.91 Å². The number of methoxy groups -OCH3 is 1. The number of ether oxygens (including phenoxy) is 1. The normalized spacial score (nSPS) is 10.1. The van der Waals surface area contributed by atoms with Gasteiger partial charge in [0.25, 0.3) is 0 Å². The number of rotatable bonds is 5. The molecule has 1 aromatic heterocycles. The van der Waals surface area contributed by atoms with E-state index in [2.05, 4.69) is 15.2 Å². The largest absolute Gasteiger partial charge is 0.469 e. The maximum atomic E-state index is 11.5. The van der Waals surface area contributed by atoms with Crippen LogP contribution in [0.3, 0.4) is 0 Å². The molecule has 0 aromatic carbocycles. The van der Waals surface area contributed by atoms with Crippen LogP contribution in [0.4, 0.5) is 0 Å². The van der Waals surface area contributed by atoms with Crippen molar-refractivity contribution in [1.29, 1.82) is 0 Å². The summed E-state index contributed by atoms with van der Waals surface area (Å²) in [7, 11) is 1.32. The third-order valence-corrected chi connectivity index (χ3v) is 2.28. The number of nitrogens with zero attached hydrogens (tertiary/aromatic N) is 2. The fourth-order valence-electron chi connectivity index (χ4n) is 1.43.